The van der Waals surface area contributed by atoms with Crippen LogP contribution >= 0.6 is 0 Å². The highest BCUT2D eigenvalue weighted by Crippen LogP contribution is 2.30. The van der Waals surface area contributed by atoms with Gasteiger partial charge in [-0.3, -0.25) is 9.59 Å². The van der Waals surface area contributed by atoms with Gasteiger partial charge >= 0.3 is 0 Å². The number of rotatable bonds is 2. The van der Waals surface area contributed by atoms with Gasteiger partial charge < -0.3 is 19.1 Å². The summed E-state index contributed by atoms with van der Waals surface area (Å²) in [6.45, 7) is 2.25. The summed E-state index contributed by atoms with van der Waals surface area (Å²) >= 11 is 0. The van der Waals surface area contributed by atoms with Crippen LogP contribution in [-0.4, -0.2) is 48.2 Å². The smallest absolute Gasteiger partial charge is 0.288 e. The highest BCUT2D eigenvalue weighted by molar-refractivity contribution is 5.95. The van der Waals surface area contributed by atoms with Crippen LogP contribution in [0.15, 0.2) is 34.8 Å². The number of aryl methyl sites for hydroxylation is 1. The molecule has 144 valence electrons. The van der Waals surface area contributed by atoms with E-state index in [0.717, 1.165) is 6.42 Å². The molecule has 0 bridgehead atoms. The molecule has 1 saturated heterocycles. The van der Waals surface area contributed by atoms with E-state index in [9.17, 15) is 19.2 Å². The maximum atomic E-state index is 13.9. The van der Waals surface area contributed by atoms with E-state index in [1.165, 1.54) is 16.7 Å². The van der Waals surface area contributed by atoms with E-state index in [4.69, 9.17) is 4.74 Å². The Hall–Kier alpha value is -3.34. The summed E-state index contributed by atoms with van der Waals surface area (Å²) in [5, 5.41) is 10.1. The molecule has 2 aromatic rings. The second-order valence-electron chi connectivity index (χ2n) is 6.85. The van der Waals surface area contributed by atoms with Crippen LogP contribution in [0.4, 0.5) is 10.1 Å². The fourth-order valence-corrected chi connectivity index (χ4v) is 3.79. The van der Waals surface area contributed by atoms with Gasteiger partial charge in [0.1, 0.15) is 17.4 Å². The number of benzene rings is 1. The first kappa shape index (κ1) is 18.0. The zero-order chi connectivity index (χ0) is 19.8. The summed E-state index contributed by atoms with van der Waals surface area (Å²) in [4.78, 5) is 28.7. The number of halogens is 1. The lowest BCUT2D eigenvalue weighted by molar-refractivity contribution is -0.130. The summed E-state index contributed by atoms with van der Waals surface area (Å²) in [5.74, 6) is -0.194. The molecule has 4 rings (SSSR count). The molecule has 0 atom stereocenters. The van der Waals surface area contributed by atoms with Crippen molar-refractivity contribution in [3.63, 3.8) is 0 Å². The topological polar surface area (TPSA) is 78.6 Å². The first-order valence-electron chi connectivity index (χ1n) is 9.11. The van der Waals surface area contributed by atoms with Crippen LogP contribution < -0.4 is 10.5 Å². The number of aromatic nitrogens is 1. The quantitative estimate of drug-likeness (QED) is 0.787. The van der Waals surface area contributed by atoms with Crippen LogP contribution in [0.3, 0.4) is 0 Å². The van der Waals surface area contributed by atoms with Crippen molar-refractivity contribution in [2.45, 2.75) is 6.42 Å². The number of ether oxygens (including phenoxy) is 1. The van der Waals surface area contributed by atoms with Crippen LogP contribution in [-0.2, 0) is 16.6 Å². The van der Waals surface area contributed by atoms with Gasteiger partial charge in [0.05, 0.1) is 17.8 Å². The van der Waals surface area contributed by atoms with Crippen LogP contribution in [0.5, 0.6) is 0 Å². The number of hydrogen-bond acceptors (Lipinski definition) is 5. The van der Waals surface area contributed by atoms with E-state index >= 15 is 0 Å². The lowest BCUT2D eigenvalue weighted by Crippen LogP contribution is -2.49. The predicted octanol–water partition coefficient (Wildman–Crippen LogP) is 1.50. The van der Waals surface area contributed by atoms with E-state index < -0.39 is 11.4 Å². The molecule has 7 nitrogen and oxygen atoms in total. The predicted molar refractivity (Wildman–Crippen MR) is 101 cm³/mol. The van der Waals surface area contributed by atoms with Gasteiger partial charge in [-0.05, 0) is 24.3 Å². The summed E-state index contributed by atoms with van der Waals surface area (Å²) in [7, 11) is 1.57. The normalized spacial score (nSPS) is 16.7. The highest BCUT2D eigenvalue weighted by Gasteiger charge is 2.28. The van der Waals surface area contributed by atoms with Gasteiger partial charge in [0.15, 0.2) is 5.76 Å². The molecule has 2 aliphatic heterocycles. The second-order valence-corrected chi connectivity index (χ2v) is 6.85. The lowest BCUT2D eigenvalue weighted by atomic mass is 10.1. The Kier molecular flexibility index (Phi) is 4.51. The van der Waals surface area contributed by atoms with Gasteiger partial charge in [-0.1, -0.05) is 0 Å². The third-order valence-corrected chi connectivity index (χ3v) is 5.24. The van der Waals surface area contributed by atoms with Crippen molar-refractivity contribution in [2.24, 2.45) is 7.05 Å². The largest absolute Gasteiger partial charge is 0.488 e. The number of nitrogens with zero attached hydrogens (tertiary/aromatic N) is 4. The fraction of sp³-hybridized carbons (Fsp3) is 0.350. The first-order valence-corrected chi connectivity index (χ1v) is 9.11. The second kappa shape index (κ2) is 7.00. The van der Waals surface area contributed by atoms with Gasteiger partial charge in [0.2, 0.25) is 0 Å². The van der Waals surface area contributed by atoms with Gasteiger partial charge in [-0.15, -0.1) is 0 Å². The van der Waals surface area contributed by atoms with Gasteiger partial charge in [-0.2, -0.15) is 5.26 Å². The van der Waals surface area contributed by atoms with Crippen LogP contribution in [0, 0.1) is 17.1 Å². The molecule has 0 saturated carbocycles. The number of pyridine rings is 1. The Balaban J connectivity index is 1.69. The molecular weight excluding hydrogens is 363 g/mol. The number of carbonyl (C=O) groups excluding carboxylic acids is 1. The summed E-state index contributed by atoms with van der Waals surface area (Å²) in [5.41, 5.74) is 0.564. The Morgan fingerprint density at radius 3 is 2.64 bits per heavy atom. The lowest BCUT2D eigenvalue weighted by Gasteiger charge is -2.37. The van der Waals surface area contributed by atoms with Crippen molar-refractivity contribution in [2.75, 3.05) is 37.7 Å². The third kappa shape index (κ3) is 2.89. The Morgan fingerprint density at radius 1 is 1.25 bits per heavy atom. The average Bonchev–Trinajstić information content (AvgIpc) is 3.25. The molecule has 0 radical (unpaired) electrons. The van der Waals surface area contributed by atoms with E-state index in [1.807, 2.05) is 11.0 Å². The fourth-order valence-electron chi connectivity index (χ4n) is 3.79. The first-order chi connectivity index (χ1) is 13.5. The van der Waals surface area contributed by atoms with E-state index in [-0.39, 0.29) is 11.5 Å². The van der Waals surface area contributed by atoms with Crippen molar-refractivity contribution in [3.8, 4) is 6.07 Å². The van der Waals surface area contributed by atoms with E-state index in [0.29, 0.717) is 55.1 Å². The molecule has 1 aromatic carbocycles. The summed E-state index contributed by atoms with van der Waals surface area (Å²) < 4.78 is 20.6. The van der Waals surface area contributed by atoms with Gasteiger partial charge in [-0.25, -0.2) is 4.39 Å². The number of fused-ring (bicyclic) bond motifs is 1. The van der Waals surface area contributed by atoms with Crippen LogP contribution in [0.2, 0.25) is 0 Å². The molecular formula is C20H19FN4O3. The summed E-state index contributed by atoms with van der Waals surface area (Å²) in [6.07, 6.45) is 2.52. The molecule has 1 aromatic heterocycles. The minimum absolute atomic E-state index is 0.0118. The third-order valence-electron chi connectivity index (χ3n) is 5.24. The molecule has 8 heteroatoms. The molecule has 0 aliphatic carbocycles. The monoisotopic (exact) mass is 382 g/mol. The number of amides is 1. The number of anilines is 1. The maximum absolute atomic E-state index is 13.9. The van der Waals surface area contributed by atoms with Crippen LogP contribution in [0.1, 0.15) is 12.0 Å². The molecule has 0 spiro atoms. The highest BCUT2D eigenvalue weighted by atomic mass is 19.1. The average molecular weight is 382 g/mol. The molecule has 2 aliphatic rings. The molecule has 0 N–H and O–H groups in total. The van der Waals surface area contributed by atoms with Crippen LogP contribution in [0.25, 0.3) is 10.9 Å². The number of carbonyl (C=O) groups is 1. The van der Waals surface area contributed by atoms with Gasteiger partial charge in [0.25, 0.3) is 11.5 Å². The Bertz CT molecular complexity index is 1090. The zero-order valence-corrected chi connectivity index (χ0v) is 15.4. The zero-order valence-electron chi connectivity index (χ0n) is 15.4. The SMILES string of the molecule is Cn1c(=O)c(C#N)c(N2CCN(C(=O)C3=CCCO3)CC2)c2cc(F)ccc21. The Morgan fingerprint density at radius 2 is 2.00 bits per heavy atom. The van der Waals surface area contributed by atoms with E-state index in [2.05, 4.69) is 0 Å². The minimum Gasteiger partial charge on any atom is -0.488 e. The molecule has 0 unspecified atom stereocenters. The van der Waals surface area contributed by atoms with Gasteiger partial charge in [0, 0.05) is 45.0 Å². The van der Waals surface area contributed by atoms with Crippen molar-refractivity contribution in [1.29, 1.82) is 5.26 Å². The van der Waals surface area contributed by atoms with Crippen molar-refractivity contribution < 1.29 is 13.9 Å². The molecule has 1 amide bonds. The number of piperazine rings is 1. The van der Waals surface area contributed by atoms with Crippen molar-refractivity contribution >= 4 is 22.5 Å². The molecule has 28 heavy (non-hydrogen) atoms. The maximum Gasteiger partial charge on any atom is 0.288 e. The van der Waals surface area contributed by atoms with Crippen molar-refractivity contribution in [3.05, 3.63) is 51.8 Å². The minimum atomic E-state index is -0.435. The van der Waals surface area contributed by atoms with E-state index in [1.54, 1.807) is 24.1 Å². The standard InChI is InChI=1S/C20H19FN4O3/c1-23-16-5-4-13(21)11-14(16)18(15(12-22)19(23)26)24-6-8-25(9-7-24)20(27)17-3-2-10-28-17/h3-5,11H,2,6-10H2,1H3. The Labute approximate surface area is 160 Å². The molecule has 3 heterocycles. The van der Waals surface area contributed by atoms with Crippen molar-refractivity contribution in [1.82, 2.24) is 9.47 Å². The number of nitriles is 1. The number of hydrogen-bond donors (Lipinski definition) is 0. The molecule has 1 fully saturated rings. The summed E-state index contributed by atoms with van der Waals surface area (Å²) in [6, 6.07) is 6.17.